The van der Waals surface area contributed by atoms with Gasteiger partial charge in [0.05, 0.1) is 17.0 Å². The van der Waals surface area contributed by atoms with Crippen LogP contribution in [0, 0.1) is 0 Å². The molecule has 0 atom stereocenters. The molecule has 0 unspecified atom stereocenters. The van der Waals surface area contributed by atoms with E-state index < -0.39 is 0 Å². The minimum absolute atomic E-state index is 0.141. The van der Waals surface area contributed by atoms with Crippen molar-refractivity contribution in [3.8, 4) is 5.82 Å². The molecule has 0 radical (unpaired) electrons. The summed E-state index contributed by atoms with van der Waals surface area (Å²) in [5.74, 6) is 0.340. The molecule has 29 heavy (non-hydrogen) atoms. The number of hydrogen-bond donors (Lipinski definition) is 2. The Bertz CT molecular complexity index is 1110. The van der Waals surface area contributed by atoms with E-state index >= 15 is 0 Å². The van der Waals surface area contributed by atoms with E-state index in [0.29, 0.717) is 28.1 Å². The van der Waals surface area contributed by atoms with Gasteiger partial charge in [0.15, 0.2) is 10.9 Å². The molecule has 2 amide bonds. The van der Waals surface area contributed by atoms with Crippen molar-refractivity contribution in [2.75, 3.05) is 5.32 Å². The summed E-state index contributed by atoms with van der Waals surface area (Å²) in [4.78, 5) is 33.5. The fraction of sp³-hybridized carbons (Fsp3) is 0.105. The highest BCUT2D eigenvalue weighted by molar-refractivity contribution is 7.14. The number of nitrogens with zero attached hydrogens (tertiary/aromatic N) is 4. The minimum atomic E-state index is -0.198. The zero-order valence-electron chi connectivity index (χ0n) is 15.1. The smallest absolute Gasteiger partial charge is 0.267 e. The van der Waals surface area contributed by atoms with Crippen LogP contribution in [0.3, 0.4) is 0 Å². The number of amides is 2. The highest BCUT2D eigenvalue weighted by Gasteiger charge is 2.12. The number of thiazole rings is 1. The summed E-state index contributed by atoms with van der Waals surface area (Å²) in [5.41, 5.74) is 1.53. The molecule has 0 fully saturated rings. The van der Waals surface area contributed by atoms with Crippen molar-refractivity contribution in [3.05, 3.63) is 75.8 Å². The predicted octanol–water partition coefficient (Wildman–Crippen LogP) is 2.90. The van der Waals surface area contributed by atoms with E-state index in [9.17, 15) is 9.59 Å². The van der Waals surface area contributed by atoms with Crippen molar-refractivity contribution in [1.29, 1.82) is 0 Å². The Morgan fingerprint density at radius 2 is 2.07 bits per heavy atom. The van der Waals surface area contributed by atoms with Gasteiger partial charge in [-0.25, -0.2) is 14.6 Å². The lowest BCUT2D eigenvalue weighted by atomic mass is 10.2. The monoisotopic (exact) mass is 424 g/mol. The summed E-state index contributed by atoms with van der Waals surface area (Å²) >= 11 is 2.66. The van der Waals surface area contributed by atoms with Crippen molar-refractivity contribution in [2.45, 2.75) is 13.0 Å². The summed E-state index contributed by atoms with van der Waals surface area (Å²) in [7, 11) is 0. The van der Waals surface area contributed by atoms with Gasteiger partial charge in [0.1, 0.15) is 0 Å². The fourth-order valence-corrected chi connectivity index (χ4v) is 3.86. The number of rotatable bonds is 7. The van der Waals surface area contributed by atoms with Crippen molar-refractivity contribution >= 4 is 39.6 Å². The Balaban J connectivity index is 1.30. The second-order valence-corrected chi connectivity index (χ2v) is 7.81. The van der Waals surface area contributed by atoms with Crippen LogP contribution in [0.15, 0.2) is 59.7 Å². The van der Waals surface area contributed by atoms with Gasteiger partial charge in [-0.2, -0.15) is 5.10 Å². The summed E-state index contributed by atoms with van der Waals surface area (Å²) < 4.78 is 1.66. The summed E-state index contributed by atoms with van der Waals surface area (Å²) in [6, 6.07) is 9.10. The van der Waals surface area contributed by atoms with Crippen LogP contribution >= 0.6 is 22.7 Å². The van der Waals surface area contributed by atoms with E-state index in [2.05, 4.69) is 25.7 Å². The largest absolute Gasteiger partial charge is 0.352 e. The van der Waals surface area contributed by atoms with Crippen LogP contribution in [-0.2, 0) is 17.8 Å². The number of carbonyl (C=O) groups excluding carboxylic acids is 2. The number of hydrogen-bond acceptors (Lipinski definition) is 7. The Labute approximate surface area is 174 Å². The first-order valence-corrected chi connectivity index (χ1v) is 10.4. The summed E-state index contributed by atoms with van der Waals surface area (Å²) in [6.07, 6.45) is 5.31. The molecule has 0 aromatic carbocycles. The van der Waals surface area contributed by atoms with Gasteiger partial charge >= 0.3 is 0 Å². The van der Waals surface area contributed by atoms with Gasteiger partial charge in [-0.05, 0) is 35.2 Å². The Kier molecular flexibility index (Phi) is 5.73. The lowest BCUT2D eigenvalue weighted by Crippen LogP contribution is -2.24. The van der Waals surface area contributed by atoms with Crippen LogP contribution in [0.25, 0.3) is 5.82 Å². The second kappa shape index (κ2) is 8.76. The van der Waals surface area contributed by atoms with Crippen molar-refractivity contribution in [3.63, 3.8) is 0 Å². The van der Waals surface area contributed by atoms with Crippen LogP contribution in [0.4, 0.5) is 5.13 Å². The number of anilines is 1. The molecule has 8 nitrogen and oxygen atoms in total. The highest BCUT2D eigenvalue weighted by atomic mass is 32.1. The first-order chi connectivity index (χ1) is 14.2. The molecule has 0 aliphatic heterocycles. The summed E-state index contributed by atoms with van der Waals surface area (Å²) in [6.45, 7) is 0.377. The van der Waals surface area contributed by atoms with E-state index in [0.717, 1.165) is 5.56 Å². The first-order valence-electron chi connectivity index (χ1n) is 8.68. The van der Waals surface area contributed by atoms with E-state index in [1.807, 2.05) is 35.8 Å². The van der Waals surface area contributed by atoms with Crippen LogP contribution in [0.2, 0.25) is 0 Å². The molecule has 0 saturated heterocycles. The predicted molar refractivity (Wildman–Crippen MR) is 111 cm³/mol. The molecule has 0 bridgehead atoms. The molecule has 0 aliphatic rings. The van der Waals surface area contributed by atoms with Gasteiger partial charge in [0.25, 0.3) is 5.91 Å². The third kappa shape index (κ3) is 4.92. The lowest BCUT2D eigenvalue weighted by Gasteiger charge is -2.06. The second-order valence-electron chi connectivity index (χ2n) is 6.00. The maximum Gasteiger partial charge on any atom is 0.267 e. The molecule has 4 aromatic heterocycles. The van der Waals surface area contributed by atoms with Crippen LogP contribution in [0.1, 0.15) is 20.9 Å². The molecule has 0 saturated carbocycles. The Morgan fingerprint density at radius 1 is 1.14 bits per heavy atom. The van der Waals surface area contributed by atoms with Crippen LogP contribution in [-0.4, -0.2) is 31.6 Å². The first kappa shape index (κ1) is 19.0. The normalized spacial score (nSPS) is 10.6. The Hall–Kier alpha value is -3.37. The van der Waals surface area contributed by atoms with E-state index in [1.165, 1.54) is 22.7 Å². The SMILES string of the molecule is O=C(Cc1csc(NC(=O)c2cccs2)n1)NCc1ccnc(-n2cccn2)c1. The number of pyridine rings is 1. The van der Waals surface area contributed by atoms with Gasteiger partial charge in [0, 0.05) is 30.5 Å². The zero-order chi connectivity index (χ0) is 20.1. The quantitative estimate of drug-likeness (QED) is 0.475. The molecular formula is C19H16N6O2S2. The minimum Gasteiger partial charge on any atom is -0.352 e. The van der Waals surface area contributed by atoms with Gasteiger partial charge in [-0.3, -0.25) is 14.9 Å². The third-order valence-corrected chi connectivity index (χ3v) is 5.57. The molecule has 4 aromatic rings. The zero-order valence-corrected chi connectivity index (χ0v) is 16.7. The maximum absolute atomic E-state index is 12.3. The van der Waals surface area contributed by atoms with Gasteiger partial charge in [0.2, 0.25) is 5.91 Å². The molecule has 4 rings (SSSR count). The van der Waals surface area contributed by atoms with Gasteiger partial charge in [-0.15, -0.1) is 22.7 Å². The molecule has 4 heterocycles. The van der Waals surface area contributed by atoms with Crippen molar-refractivity contribution in [1.82, 2.24) is 25.1 Å². The molecule has 2 N–H and O–H groups in total. The maximum atomic E-state index is 12.3. The summed E-state index contributed by atoms with van der Waals surface area (Å²) in [5, 5.41) is 13.9. The topological polar surface area (TPSA) is 102 Å². The molecule has 0 spiro atoms. The molecule has 0 aliphatic carbocycles. The number of aromatic nitrogens is 4. The third-order valence-electron chi connectivity index (χ3n) is 3.90. The standard InChI is InChI=1S/C19H16N6O2S2/c26-17(21-11-13-4-6-20-16(9-13)25-7-2-5-22-25)10-14-12-29-19(23-14)24-18(27)15-3-1-8-28-15/h1-9,12H,10-11H2,(H,21,26)(H,23,24,27). The number of carbonyl (C=O) groups is 2. The van der Waals surface area contributed by atoms with Crippen LogP contribution in [0.5, 0.6) is 0 Å². The molecule has 10 heteroatoms. The fourth-order valence-electron chi connectivity index (χ4n) is 2.54. The number of thiophene rings is 1. The van der Waals surface area contributed by atoms with Crippen molar-refractivity contribution in [2.24, 2.45) is 0 Å². The van der Waals surface area contributed by atoms with Crippen molar-refractivity contribution < 1.29 is 9.59 Å². The van der Waals surface area contributed by atoms with Gasteiger partial charge < -0.3 is 5.32 Å². The van der Waals surface area contributed by atoms with E-state index in [-0.39, 0.29) is 18.2 Å². The average Bonchev–Trinajstić information content (AvgIpc) is 3.49. The van der Waals surface area contributed by atoms with E-state index in [1.54, 1.807) is 28.5 Å². The van der Waals surface area contributed by atoms with E-state index in [4.69, 9.17) is 0 Å². The lowest BCUT2D eigenvalue weighted by molar-refractivity contribution is -0.120. The Morgan fingerprint density at radius 3 is 2.86 bits per heavy atom. The van der Waals surface area contributed by atoms with Crippen LogP contribution < -0.4 is 10.6 Å². The molecular weight excluding hydrogens is 408 g/mol. The van der Waals surface area contributed by atoms with Gasteiger partial charge in [-0.1, -0.05) is 6.07 Å². The average molecular weight is 425 g/mol. The number of nitrogens with one attached hydrogen (secondary N) is 2. The highest BCUT2D eigenvalue weighted by Crippen LogP contribution is 2.18. The molecule has 146 valence electrons.